The van der Waals surface area contributed by atoms with E-state index in [9.17, 15) is 4.79 Å². The second-order valence-corrected chi connectivity index (χ2v) is 7.36. The molecule has 0 aliphatic rings. The monoisotopic (exact) mass is 272 g/mol. The lowest BCUT2D eigenvalue weighted by molar-refractivity contribution is 0.0891. The molecule has 0 aliphatic heterocycles. The Morgan fingerprint density at radius 1 is 1.15 bits per heavy atom. The average molecular weight is 272 g/mol. The molecule has 0 saturated heterocycles. The van der Waals surface area contributed by atoms with Crippen molar-refractivity contribution < 1.29 is 4.79 Å². The predicted molar refractivity (Wildman–Crippen MR) is 83.9 cm³/mol. The fourth-order valence-corrected chi connectivity index (χ4v) is 2.94. The average Bonchev–Trinajstić information content (AvgIpc) is 2.71. The van der Waals surface area contributed by atoms with Gasteiger partial charge in [-0.25, -0.2) is 0 Å². The van der Waals surface area contributed by atoms with Gasteiger partial charge in [0.2, 0.25) is 0 Å². The van der Waals surface area contributed by atoms with Gasteiger partial charge in [-0.2, -0.15) is 0 Å². The van der Waals surface area contributed by atoms with Crippen molar-refractivity contribution in [3.8, 4) is 0 Å². The third-order valence-electron chi connectivity index (χ3n) is 3.24. The third kappa shape index (κ3) is 3.62. The molecule has 2 aromatic rings. The Kier molecular flexibility index (Phi) is 3.63. The van der Waals surface area contributed by atoms with Gasteiger partial charge in [-0.3, -0.25) is 4.79 Å². The van der Waals surface area contributed by atoms with Crippen molar-refractivity contribution in [2.75, 3.05) is 0 Å². The molecule has 2 rings (SSSR count). The highest BCUT2D eigenvalue weighted by Crippen LogP contribution is 2.27. The quantitative estimate of drug-likeness (QED) is 0.867. The number of nitrogens with one attached hydrogen (secondary N) is 2. The topological polar surface area (TPSA) is 44.9 Å². The maximum atomic E-state index is 12.4. The fraction of sp³-hybridized carbons (Fsp3) is 0.471. The Labute approximate surface area is 120 Å². The molecule has 0 fully saturated rings. The summed E-state index contributed by atoms with van der Waals surface area (Å²) in [5, 5.41) is 4.20. The molecule has 0 bridgehead atoms. The van der Waals surface area contributed by atoms with Crippen LogP contribution in [-0.4, -0.2) is 16.4 Å². The normalized spacial score (nSPS) is 12.7. The molecular formula is C17H24N2O. The standard InChI is InChI=1S/C17H24N2O/c1-16(2,3)11-17(4,5)19-15(20)13-6-7-14-12(10-13)8-9-18-14/h6-10,18H,11H2,1-5H3,(H,19,20). The van der Waals surface area contributed by atoms with Gasteiger partial charge in [-0.1, -0.05) is 20.8 Å². The number of aromatic amines is 1. The van der Waals surface area contributed by atoms with Crippen molar-refractivity contribution in [2.45, 2.75) is 46.6 Å². The molecule has 0 aliphatic carbocycles. The molecule has 1 aromatic heterocycles. The van der Waals surface area contributed by atoms with Crippen LogP contribution in [-0.2, 0) is 0 Å². The van der Waals surface area contributed by atoms with Gasteiger partial charge in [-0.15, -0.1) is 0 Å². The summed E-state index contributed by atoms with van der Waals surface area (Å²) in [5.74, 6) is -0.0117. The van der Waals surface area contributed by atoms with Crippen molar-refractivity contribution in [1.29, 1.82) is 0 Å². The van der Waals surface area contributed by atoms with Gasteiger partial charge in [-0.05, 0) is 49.9 Å². The van der Waals surface area contributed by atoms with Crippen molar-refractivity contribution in [2.24, 2.45) is 5.41 Å². The maximum Gasteiger partial charge on any atom is 0.251 e. The number of carbonyl (C=O) groups is 1. The van der Waals surface area contributed by atoms with Crippen LogP contribution in [0.1, 0.15) is 51.4 Å². The Morgan fingerprint density at radius 2 is 1.85 bits per heavy atom. The summed E-state index contributed by atoms with van der Waals surface area (Å²) < 4.78 is 0. The van der Waals surface area contributed by atoms with E-state index in [1.54, 1.807) is 0 Å². The van der Waals surface area contributed by atoms with E-state index < -0.39 is 0 Å². The van der Waals surface area contributed by atoms with Crippen molar-refractivity contribution in [3.63, 3.8) is 0 Å². The lowest BCUT2D eigenvalue weighted by Crippen LogP contribution is -2.45. The fourth-order valence-electron chi connectivity index (χ4n) is 2.94. The lowest BCUT2D eigenvalue weighted by atomic mass is 9.81. The number of rotatable bonds is 3. The first kappa shape index (κ1) is 14.6. The summed E-state index contributed by atoms with van der Waals surface area (Å²) >= 11 is 0. The Bertz CT molecular complexity index is 617. The number of hydrogen-bond donors (Lipinski definition) is 2. The van der Waals surface area contributed by atoms with Crippen molar-refractivity contribution in [1.82, 2.24) is 10.3 Å². The minimum absolute atomic E-state index is 0.0117. The summed E-state index contributed by atoms with van der Waals surface area (Å²) in [5.41, 5.74) is 1.72. The minimum atomic E-state index is -0.220. The number of carbonyl (C=O) groups excluding carboxylic acids is 1. The molecule has 2 N–H and O–H groups in total. The molecule has 0 unspecified atom stereocenters. The van der Waals surface area contributed by atoms with Crippen LogP contribution in [0.15, 0.2) is 30.5 Å². The van der Waals surface area contributed by atoms with E-state index in [1.165, 1.54) is 0 Å². The zero-order chi connectivity index (χ0) is 15.0. The first-order chi connectivity index (χ1) is 9.16. The van der Waals surface area contributed by atoms with Gasteiger partial charge in [0.05, 0.1) is 0 Å². The summed E-state index contributed by atoms with van der Waals surface area (Å²) in [6.07, 6.45) is 2.81. The molecule has 0 saturated carbocycles. The zero-order valence-electron chi connectivity index (χ0n) is 13.0. The molecule has 3 heteroatoms. The highest BCUT2D eigenvalue weighted by Gasteiger charge is 2.27. The van der Waals surface area contributed by atoms with Crippen LogP contribution in [0, 0.1) is 5.41 Å². The van der Waals surface area contributed by atoms with E-state index in [1.807, 2.05) is 30.5 Å². The van der Waals surface area contributed by atoms with Gasteiger partial charge >= 0.3 is 0 Å². The summed E-state index contributed by atoms with van der Waals surface area (Å²) in [6, 6.07) is 7.71. The van der Waals surface area contributed by atoms with Crippen LogP contribution in [0.5, 0.6) is 0 Å². The van der Waals surface area contributed by atoms with E-state index in [-0.39, 0.29) is 16.9 Å². The molecule has 3 nitrogen and oxygen atoms in total. The first-order valence-electron chi connectivity index (χ1n) is 7.06. The Balaban J connectivity index is 2.14. The van der Waals surface area contributed by atoms with Crippen LogP contribution in [0.25, 0.3) is 10.9 Å². The van der Waals surface area contributed by atoms with E-state index in [0.29, 0.717) is 5.56 Å². The van der Waals surface area contributed by atoms with Crippen LogP contribution < -0.4 is 5.32 Å². The van der Waals surface area contributed by atoms with Gasteiger partial charge in [0.15, 0.2) is 0 Å². The van der Waals surface area contributed by atoms with E-state index in [0.717, 1.165) is 17.3 Å². The maximum absolute atomic E-state index is 12.4. The van der Waals surface area contributed by atoms with Gasteiger partial charge in [0.1, 0.15) is 0 Å². The highest BCUT2D eigenvalue weighted by atomic mass is 16.1. The molecule has 1 aromatic carbocycles. The molecule has 20 heavy (non-hydrogen) atoms. The molecule has 0 radical (unpaired) electrons. The smallest absolute Gasteiger partial charge is 0.251 e. The van der Waals surface area contributed by atoms with Crippen LogP contribution in [0.3, 0.4) is 0 Å². The Hall–Kier alpha value is -1.77. The van der Waals surface area contributed by atoms with Crippen LogP contribution in [0.2, 0.25) is 0 Å². The second-order valence-electron chi connectivity index (χ2n) is 7.36. The minimum Gasteiger partial charge on any atom is -0.361 e. The lowest BCUT2D eigenvalue weighted by Gasteiger charge is -2.33. The molecule has 0 atom stereocenters. The SMILES string of the molecule is CC(C)(C)CC(C)(C)NC(=O)c1ccc2[nH]ccc2c1. The number of H-pyrrole nitrogens is 1. The van der Waals surface area contributed by atoms with Gasteiger partial charge < -0.3 is 10.3 Å². The molecule has 1 amide bonds. The van der Waals surface area contributed by atoms with E-state index in [4.69, 9.17) is 0 Å². The molecular weight excluding hydrogens is 248 g/mol. The third-order valence-corrected chi connectivity index (χ3v) is 3.24. The highest BCUT2D eigenvalue weighted by molar-refractivity contribution is 5.98. The van der Waals surface area contributed by atoms with Crippen molar-refractivity contribution >= 4 is 16.8 Å². The number of amides is 1. The molecule has 0 spiro atoms. The predicted octanol–water partition coefficient (Wildman–Crippen LogP) is 4.11. The van der Waals surface area contributed by atoms with Crippen LogP contribution >= 0.6 is 0 Å². The summed E-state index contributed by atoms with van der Waals surface area (Å²) in [4.78, 5) is 15.5. The number of hydrogen-bond acceptors (Lipinski definition) is 1. The summed E-state index contributed by atoms with van der Waals surface area (Å²) in [7, 11) is 0. The second kappa shape index (κ2) is 4.97. The van der Waals surface area contributed by atoms with E-state index >= 15 is 0 Å². The Morgan fingerprint density at radius 3 is 2.50 bits per heavy atom. The van der Waals surface area contributed by atoms with Gasteiger partial charge in [0, 0.05) is 28.2 Å². The van der Waals surface area contributed by atoms with E-state index in [2.05, 4.69) is 44.9 Å². The van der Waals surface area contributed by atoms with Crippen LogP contribution in [0.4, 0.5) is 0 Å². The zero-order valence-corrected chi connectivity index (χ0v) is 13.0. The number of fused-ring (bicyclic) bond motifs is 1. The number of benzene rings is 1. The summed E-state index contributed by atoms with van der Waals surface area (Å²) in [6.45, 7) is 10.7. The largest absolute Gasteiger partial charge is 0.361 e. The molecule has 1 heterocycles. The molecule has 108 valence electrons. The van der Waals surface area contributed by atoms with Gasteiger partial charge in [0.25, 0.3) is 5.91 Å². The first-order valence-corrected chi connectivity index (χ1v) is 7.06. The van der Waals surface area contributed by atoms with Crippen molar-refractivity contribution in [3.05, 3.63) is 36.0 Å². The number of aromatic nitrogens is 1.